The summed E-state index contributed by atoms with van der Waals surface area (Å²) in [6.07, 6.45) is 3.82. The lowest BCUT2D eigenvalue weighted by atomic mass is 9.87. The first-order valence-corrected chi connectivity index (χ1v) is 7.24. The lowest BCUT2D eigenvalue weighted by molar-refractivity contribution is -0.127. The number of anilines is 1. The number of aliphatic hydroxyl groups is 1. The van der Waals surface area contributed by atoms with E-state index in [4.69, 9.17) is 5.11 Å². The van der Waals surface area contributed by atoms with Crippen molar-refractivity contribution in [3.8, 4) is 0 Å². The van der Waals surface area contributed by atoms with Gasteiger partial charge in [-0.1, -0.05) is 19.8 Å². The number of hydrogen-bond donors (Lipinski definition) is 2. The second-order valence-electron chi connectivity index (χ2n) is 5.80. The fraction of sp³-hybridized carbons (Fsp3) is 0.500. The molecule has 0 spiro atoms. The summed E-state index contributed by atoms with van der Waals surface area (Å²) < 4.78 is 0. The number of amides is 1. The third kappa shape index (κ3) is 3.24. The van der Waals surface area contributed by atoms with Crippen LogP contribution in [0.4, 0.5) is 5.69 Å². The van der Waals surface area contributed by atoms with Crippen LogP contribution in [0.1, 0.15) is 43.0 Å². The van der Waals surface area contributed by atoms with E-state index in [0.29, 0.717) is 5.69 Å². The summed E-state index contributed by atoms with van der Waals surface area (Å²) >= 11 is 0. The largest absolute Gasteiger partial charge is 0.478 e. The van der Waals surface area contributed by atoms with Crippen LogP contribution in [-0.2, 0) is 4.79 Å². The summed E-state index contributed by atoms with van der Waals surface area (Å²) in [7, 11) is 0. The standard InChI is InChI=1S/C16H21NO4/c1-16(8-2-3-9-16)15(21)17(10-11-18)13-6-4-12(5-7-13)14(19)20/h4-7,18H,2-3,8-11H2,1H3,(H,19,20). The van der Waals surface area contributed by atoms with Crippen molar-refractivity contribution < 1.29 is 19.8 Å². The van der Waals surface area contributed by atoms with E-state index in [1.807, 2.05) is 6.92 Å². The second kappa shape index (κ2) is 6.26. The molecule has 1 aromatic rings. The zero-order valence-corrected chi connectivity index (χ0v) is 12.2. The Morgan fingerprint density at radius 3 is 2.24 bits per heavy atom. The molecule has 5 nitrogen and oxygen atoms in total. The van der Waals surface area contributed by atoms with Gasteiger partial charge in [0.25, 0.3) is 0 Å². The maximum Gasteiger partial charge on any atom is 0.335 e. The van der Waals surface area contributed by atoms with E-state index in [9.17, 15) is 14.7 Å². The minimum Gasteiger partial charge on any atom is -0.478 e. The first-order chi connectivity index (χ1) is 9.98. The molecule has 0 radical (unpaired) electrons. The smallest absolute Gasteiger partial charge is 0.335 e. The molecule has 0 unspecified atom stereocenters. The van der Waals surface area contributed by atoms with Gasteiger partial charge in [-0.15, -0.1) is 0 Å². The van der Waals surface area contributed by atoms with Gasteiger partial charge < -0.3 is 15.1 Å². The predicted molar refractivity (Wildman–Crippen MR) is 79.4 cm³/mol. The monoisotopic (exact) mass is 291 g/mol. The number of nitrogens with zero attached hydrogens (tertiary/aromatic N) is 1. The van der Waals surface area contributed by atoms with Gasteiger partial charge in [0.15, 0.2) is 0 Å². The minimum absolute atomic E-state index is 0.0112. The molecule has 1 aliphatic carbocycles. The second-order valence-corrected chi connectivity index (χ2v) is 5.80. The fourth-order valence-corrected chi connectivity index (χ4v) is 2.93. The highest BCUT2D eigenvalue weighted by Gasteiger charge is 2.39. The van der Waals surface area contributed by atoms with Gasteiger partial charge >= 0.3 is 5.97 Å². The summed E-state index contributed by atoms with van der Waals surface area (Å²) in [6.45, 7) is 2.07. The highest BCUT2D eigenvalue weighted by atomic mass is 16.4. The minimum atomic E-state index is -0.996. The van der Waals surface area contributed by atoms with Crippen molar-refractivity contribution in [1.29, 1.82) is 0 Å². The average molecular weight is 291 g/mol. The van der Waals surface area contributed by atoms with Crippen LogP contribution in [-0.4, -0.2) is 35.2 Å². The normalized spacial score (nSPS) is 16.7. The van der Waals surface area contributed by atoms with Gasteiger partial charge in [0.1, 0.15) is 0 Å². The van der Waals surface area contributed by atoms with Gasteiger partial charge in [-0.25, -0.2) is 4.79 Å². The molecule has 0 saturated heterocycles. The van der Waals surface area contributed by atoms with Crippen LogP contribution in [0.2, 0.25) is 0 Å². The third-order valence-electron chi connectivity index (χ3n) is 4.22. The molecule has 0 aliphatic heterocycles. The molecule has 1 fully saturated rings. The lowest BCUT2D eigenvalue weighted by Crippen LogP contribution is -2.42. The number of aliphatic hydroxyl groups excluding tert-OH is 1. The molecule has 21 heavy (non-hydrogen) atoms. The number of carbonyl (C=O) groups is 2. The highest BCUT2D eigenvalue weighted by molar-refractivity contribution is 5.98. The molecule has 1 amide bonds. The Morgan fingerprint density at radius 1 is 1.19 bits per heavy atom. The van der Waals surface area contributed by atoms with Gasteiger partial charge in [0.05, 0.1) is 12.2 Å². The van der Waals surface area contributed by atoms with E-state index >= 15 is 0 Å². The van der Waals surface area contributed by atoms with Crippen LogP contribution in [0.3, 0.4) is 0 Å². The fourth-order valence-electron chi connectivity index (χ4n) is 2.93. The van der Waals surface area contributed by atoms with Crippen LogP contribution in [0.25, 0.3) is 0 Å². The number of carboxylic acids is 1. The van der Waals surface area contributed by atoms with E-state index in [1.54, 1.807) is 17.0 Å². The summed E-state index contributed by atoms with van der Waals surface area (Å²) in [6, 6.07) is 6.20. The first kappa shape index (κ1) is 15.5. The Balaban J connectivity index is 2.25. The van der Waals surface area contributed by atoms with Gasteiger partial charge in [-0.05, 0) is 37.1 Å². The number of carbonyl (C=O) groups excluding carboxylic acids is 1. The molecule has 0 heterocycles. The maximum atomic E-state index is 12.8. The Kier molecular flexibility index (Phi) is 4.63. The molecule has 0 bridgehead atoms. The average Bonchev–Trinajstić information content (AvgIpc) is 2.92. The summed E-state index contributed by atoms with van der Waals surface area (Å²) in [5, 5.41) is 18.1. The predicted octanol–water partition coefficient (Wildman–Crippen LogP) is 2.29. The molecule has 1 saturated carbocycles. The quantitative estimate of drug-likeness (QED) is 0.872. The summed E-state index contributed by atoms with van der Waals surface area (Å²) in [5.74, 6) is -0.985. The molecule has 5 heteroatoms. The molecule has 0 atom stereocenters. The van der Waals surface area contributed by atoms with Crippen molar-refractivity contribution in [2.24, 2.45) is 5.41 Å². The van der Waals surface area contributed by atoms with Gasteiger partial charge in [-0.3, -0.25) is 4.79 Å². The topological polar surface area (TPSA) is 77.8 Å². The van der Waals surface area contributed by atoms with Crippen molar-refractivity contribution >= 4 is 17.6 Å². The Morgan fingerprint density at radius 2 is 1.76 bits per heavy atom. The van der Waals surface area contributed by atoms with Crippen LogP contribution in [0, 0.1) is 5.41 Å². The molecule has 1 aromatic carbocycles. The van der Waals surface area contributed by atoms with E-state index in [2.05, 4.69) is 0 Å². The van der Waals surface area contributed by atoms with Crippen LogP contribution in [0.15, 0.2) is 24.3 Å². The van der Waals surface area contributed by atoms with E-state index < -0.39 is 5.97 Å². The van der Waals surface area contributed by atoms with Gasteiger partial charge in [0, 0.05) is 17.6 Å². The molecule has 2 rings (SSSR count). The van der Waals surface area contributed by atoms with E-state index in [1.165, 1.54) is 12.1 Å². The molecule has 114 valence electrons. The van der Waals surface area contributed by atoms with Crippen molar-refractivity contribution in [2.75, 3.05) is 18.1 Å². The van der Waals surface area contributed by atoms with Crippen molar-refractivity contribution in [3.63, 3.8) is 0 Å². The zero-order chi connectivity index (χ0) is 15.5. The Labute approximate surface area is 124 Å². The number of rotatable bonds is 5. The Hall–Kier alpha value is -1.88. The molecule has 1 aliphatic rings. The van der Waals surface area contributed by atoms with E-state index in [0.717, 1.165) is 25.7 Å². The first-order valence-electron chi connectivity index (χ1n) is 7.24. The van der Waals surface area contributed by atoms with E-state index in [-0.39, 0.29) is 30.0 Å². The number of hydrogen-bond acceptors (Lipinski definition) is 3. The zero-order valence-electron chi connectivity index (χ0n) is 12.2. The number of aromatic carboxylic acids is 1. The maximum absolute atomic E-state index is 12.8. The van der Waals surface area contributed by atoms with Gasteiger partial charge in [0.2, 0.25) is 5.91 Å². The van der Waals surface area contributed by atoms with Crippen LogP contribution < -0.4 is 4.90 Å². The van der Waals surface area contributed by atoms with Crippen molar-refractivity contribution in [3.05, 3.63) is 29.8 Å². The number of carboxylic acid groups (broad SMARTS) is 1. The molecule has 0 aromatic heterocycles. The highest BCUT2D eigenvalue weighted by Crippen LogP contribution is 2.40. The molecular formula is C16H21NO4. The van der Waals surface area contributed by atoms with Crippen LogP contribution in [0.5, 0.6) is 0 Å². The van der Waals surface area contributed by atoms with Gasteiger partial charge in [-0.2, -0.15) is 0 Å². The van der Waals surface area contributed by atoms with Crippen molar-refractivity contribution in [1.82, 2.24) is 0 Å². The molecule has 2 N–H and O–H groups in total. The van der Waals surface area contributed by atoms with Crippen molar-refractivity contribution in [2.45, 2.75) is 32.6 Å². The number of benzene rings is 1. The Bertz CT molecular complexity index is 518. The summed E-state index contributed by atoms with van der Waals surface area (Å²) in [4.78, 5) is 25.2. The SMILES string of the molecule is CC1(C(=O)N(CCO)c2ccc(C(=O)O)cc2)CCCC1. The summed E-state index contributed by atoms with van der Waals surface area (Å²) in [5.41, 5.74) is 0.440. The third-order valence-corrected chi connectivity index (χ3v) is 4.22. The van der Waals surface area contributed by atoms with Crippen LogP contribution >= 0.6 is 0 Å². The molecular weight excluding hydrogens is 270 g/mol. The lowest BCUT2D eigenvalue weighted by Gasteiger charge is -2.31.